The third-order valence-electron chi connectivity index (χ3n) is 4.17. The van der Waals surface area contributed by atoms with Crippen LogP contribution in [0, 0.1) is 5.92 Å². The Morgan fingerprint density at radius 3 is 2.83 bits per heavy atom. The van der Waals surface area contributed by atoms with Crippen molar-refractivity contribution in [3.63, 3.8) is 0 Å². The van der Waals surface area contributed by atoms with Crippen molar-refractivity contribution in [2.75, 3.05) is 29.9 Å². The molecule has 1 aromatic heterocycles. The zero-order valence-electron chi connectivity index (χ0n) is 17.1. The lowest BCUT2D eigenvalue weighted by Gasteiger charge is -2.25. The molecular weight excluding hydrogens is 487 g/mol. The third-order valence-corrected chi connectivity index (χ3v) is 4.66. The second-order valence-electron chi connectivity index (χ2n) is 7.83. The van der Waals surface area contributed by atoms with E-state index in [-0.39, 0.29) is 18.4 Å². The molecule has 1 unspecified atom stereocenters. The Kier molecular flexibility index (Phi) is 8.00. The number of alkyl carbamates (subject to hydrolysis) is 1. The number of amides is 3. The Hall–Kier alpha value is -2.17. The van der Waals surface area contributed by atoms with Gasteiger partial charge in [0.2, 0.25) is 11.8 Å². The van der Waals surface area contributed by atoms with Gasteiger partial charge in [-0.05, 0) is 50.5 Å². The van der Waals surface area contributed by atoms with E-state index in [2.05, 4.69) is 38.2 Å². The average Bonchev–Trinajstić information content (AvgIpc) is 2.63. The summed E-state index contributed by atoms with van der Waals surface area (Å²) in [6, 6.07) is 1.89. The summed E-state index contributed by atoms with van der Waals surface area (Å²) in [6.07, 6.45) is 4.72. The van der Waals surface area contributed by atoms with Crippen LogP contribution in [0.15, 0.2) is 18.3 Å². The number of rotatable bonds is 6. The molecule has 1 aliphatic rings. The molecule has 1 aromatic rings. The number of alkyl halides is 1. The van der Waals surface area contributed by atoms with Crippen LogP contribution in [-0.2, 0) is 20.7 Å². The van der Waals surface area contributed by atoms with Crippen molar-refractivity contribution in [2.45, 2.75) is 32.8 Å². The summed E-state index contributed by atoms with van der Waals surface area (Å²) in [6.45, 7) is 6.19. The molecule has 0 aliphatic carbocycles. The molecule has 158 valence electrons. The normalized spacial score (nSPS) is 16.2. The molecule has 9 heteroatoms. The number of hydrogen-bond donors (Lipinski definition) is 2. The number of nitrogens with one attached hydrogen (secondary N) is 2. The number of anilines is 1. The van der Waals surface area contributed by atoms with Gasteiger partial charge in [0.15, 0.2) is 0 Å². The van der Waals surface area contributed by atoms with Gasteiger partial charge in [-0.15, -0.1) is 0 Å². The van der Waals surface area contributed by atoms with Crippen molar-refractivity contribution in [3.8, 4) is 0 Å². The molecule has 0 bridgehead atoms. The number of aromatic nitrogens is 1. The topological polar surface area (TPSA) is 101 Å². The standard InChI is InChI=1S/C20H27IN4O4/c1-20(2,3)29-19(28)23-12-15-10-14-9-13(11-22-17(14)24-18(15)27)5-6-16(26)25(4)8-7-21/h5-6,9,11,15H,7-8,10,12H2,1-4H3,(H,23,28)(H,22,24,27)/b6-5+. The van der Waals surface area contributed by atoms with Crippen molar-refractivity contribution < 1.29 is 19.1 Å². The van der Waals surface area contributed by atoms with E-state index in [0.717, 1.165) is 15.6 Å². The number of fused-ring (bicyclic) bond motifs is 1. The van der Waals surface area contributed by atoms with Gasteiger partial charge in [0.1, 0.15) is 11.4 Å². The van der Waals surface area contributed by atoms with Crippen molar-refractivity contribution in [3.05, 3.63) is 29.5 Å². The molecular formula is C20H27IN4O4. The molecule has 3 amide bonds. The number of pyridine rings is 1. The lowest BCUT2D eigenvalue weighted by molar-refractivity contribution is -0.124. The fourth-order valence-electron chi connectivity index (χ4n) is 2.68. The minimum atomic E-state index is -0.598. The van der Waals surface area contributed by atoms with E-state index < -0.39 is 17.6 Å². The molecule has 0 saturated heterocycles. The first-order valence-electron chi connectivity index (χ1n) is 9.35. The molecule has 0 fully saturated rings. The highest BCUT2D eigenvalue weighted by Gasteiger charge is 2.28. The van der Waals surface area contributed by atoms with Gasteiger partial charge in [-0.25, -0.2) is 9.78 Å². The molecule has 2 rings (SSSR count). The van der Waals surface area contributed by atoms with Crippen LogP contribution in [0.25, 0.3) is 6.08 Å². The molecule has 29 heavy (non-hydrogen) atoms. The average molecular weight is 514 g/mol. The van der Waals surface area contributed by atoms with Crippen LogP contribution in [0.3, 0.4) is 0 Å². The fraction of sp³-hybridized carbons (Fsp3) is 0.500. The highest BCUT2D eigenvalue weighted by atomic mass is 127. The zero-order valence-corrected chi connectivity index (χ0v) is 19.3. The van der Waals surface area contributed by atoms with Crippen molar-refractivity contribution in [2.24, 2.45) is 5.92 Å². The van der Waals surface area contributed by atoms with E-state index >= 15 is 0 Å². The first-order valence-corrected chi connectivity index (χ1v) is 10.9. The second-order valence-corrected chi connectivity index (χ2v) is 8.91. The Morgan fingerprint density at radius 1 is 1.45 bits per heavy atom. The largest absolute Gasteiger partial charge is 0.444 e. The van der Waals surface area contributed by atoms with Gasteiger partial charge in [0.25, 0.3) is 0 Å². The summed E-state index contributed by atoms with van der Waals surface area (Å²) in [4.78, 5) is 42.1. The number of carbonyl (C=O) groups excluding carboxylic acids is 3. The van der Waals surface area contributed by atoms with Crippen LogP contribution in [0.4, 0.5) is 10.6 Å². The second kappa shape index (κ2) is 10.0. The van der Waals surface area contributed by atoms with Crippen LogP contribution in [0.5, 0.6) is 0 Å². The van der Waals surface area contributed by atoms with Gasteiger partial charge in [-0.2, -0.15) is 0 Å². The predicted octanol–water partition coefficient (Wildman–Crippen LogP) is 2.62. The first-order chi connectivity index (χ1) is 13.6. The maximum absolute atomic E-state index is 12.3. The molecule has 2 N–H and O–H groups in total. The van der Waals surface area contributed by atoms with E-state index in [4.69, 9.17) is 4.74 Å². The van der Waals surface area contributed by atoms with Gasteiger partial charge in [-0.3, -0.25) is 9.59 Å². The van der Waals surface area contributed by atoms with E-state index in [9.17, 15) is 14.4 Å². The molecule has 2 heterocycles. The van der Waals surface area contributed by atoms with E-state index in [1.165, 1.54) is 6.08 Å². The van der Waals surface area contributed by atoms with E-state index in [0.29, 0.717) is 18.8 Å². The maximum atomic E-state index is 12.3. The van der Waals surface area contributed by atoms with Crippen molar-refractivity contribution in [1.29, 1.82) is 0 Å². The van der Waals surface area contributed by atoms with Crippen LogP contribution in [0.2, 0.25) is 0 Å². The number of nitrogens with zero attached hydrogens (tertiary/aromatic N) is 2. The molecule has 8 nitrogen and oxygen atoms in total. The molecule has 0 radical (unpaired) electrons. The molecule has 1 atom stereocenters. The number of ether oxygens (including phenoxy) is 1. The first kappa shape index (κ1) is 23.1. The van der Waals surface area contributed by atoms with Gasteiger partial charge < -0.3 is 20.3 Å². The van der Waals surface area contributed by atoms with Crippen molar-refractivity contribution >= 4 is 52.4 Å². The summed E-state index contributed by atoms with van der Waals surface area (Å²) < 4.78 is 6.07. The fourth-order valence-corrected chi connectivity index (χ4v) is 3.41. The number of carbonyl (C=O) groups is 3. The lowest BCUT2D eigenvalue weighted by atomic mass is 9.94. The SMILES string of the molecule is CN(CCI)C(=O)/C=C/c1cnc2c(c1)CC(CNC(=O)OC(C)(C)C)C(=O)N2. The predicted molar refractivity (Wildman–Crippen MR) is 120 cm³/mol. The number of likely N-dealkylation sites (N-methyl/N-ethyl adjacent to an activating group) is 1. The number of hydrogen-bond acceptors (Lipinski definition) is 5. The molecule has 0 spiro atoms. The monoisotopic (exact) mass is 514 g/mol. The summed E-state index contributed by atoms with van der Waals surface area (Å²) in [5.74, 6) is -0.187. The van der Waals surface area contributed by atoms with Gasteiger partial charge in [-0.1, -0.05) is 22.6 Å². The van der Waals surface area contributed by atoms with Crippen LogP contribution >= 0.6 is 22.6 Å². The lowest BCUT2D eigenvalue weighted by Crippen LogP contribution is -2.41. The molecule has 0 aromatic carbocycles. The Bertz CT molecular complexity index is 804. The summed E-state index contributed by atoms with van der Waals surface area (Å²) in [5, 5.41) is 5.41. The quantitative estimate of drug-likeness (QED) is 0.346. The highest BCUT2D eigenvalue weighted by Crippen LogP contribution is 2.24. The van der Waals surface area contributed by atoms with Gasteiger partial charge in [0, 0.05) is 36.8 Å². The Balaban J connectivity index is 2.02. The summed E-state index contributed by atoms with van der Waals surface area (Å²) in [5.41, 5.74) is 1.03. The van der Waals surface area contributed by atoms with E-state index in [1.54, 1.807) is 45.0 Å². The molecule has 0 saturated carbocycles. The minimum Gasteiger partial charge on any atom is -0.444 e. The maximum Gasteiger partial charge on any atom is 0.407 e. The smallest absolute Gasteiger partial charge is 0.407 e. The number of halogens is 1. The van der Waals surface area contributed by atoms with Crippen LogP contribution in [0.1, 0.15) is 31.9 Å². The zero-order chi connectivity index (χ0) is 21.6. The summed E-state index contributed by atoms with van der Waals surface area (Å²) in [7, 11) is 1.76. The highest BCUT2D eigenvalue weighted by molar-refractivity contribution is 14.1. The summed E-state index contributed by atoms with van der Waals surface area (Å²) >= 11 is 2.22. The Labute approximate surface area is 184 Å². The van der Waals surface area contributed by atoms with Crippen molar-refractivity contribution in [1.82, 2.24) is 15.2 Å². The third kappa shape index (κ3) is 7.30. The Morgan fingerprint density at radius 2 is 2.17 bits per heavy atom. The molecule has 1 aliphatic heterocycles. The van der Waals surface area contributed by atoms with Crippen LogP contribution < -0.4 is 10.6 Å². The van der Waals surface area contributed by atoms with Gasteiger partial charge in [0.05, 0.1) is 5.92 Å². The van der Waals surface area contributed by atoms with Gasteiger partial charge >= 0.3 is 6.09 Å². The minimum absolute atomic E-state index is 0.0767. The van der Waals surface area contributed by atoms with E-state index in [1.807, 2.05) is 6.07 Å². The van der Waals surface area contributed by atoms with Crippen LogP contribution in [-0.4, -0.2) is 58.0 Å².